The van der Waals surface area contributed by atoms with Gasteiger partial charge < -0.3 is 14.2 Å². The number of rotatable bonds is 1. The monoisotopic (exact) mass is 458 g/mol. The standard InChI is InChI=1S/C29H46O4/c1-17-8-13-29(31-16-17)18(2)26-25(33-29)15-24-22-7-6-20-14-21(32-19(3)30)9-11-27(20,4)23(22)10-12-28(24,26)5/h17-18,20-26H,6-16H2,1-5H3/t17?,18?,20-,21+,22?,23?,24?,25?,26?,27+,28+,29+/m1/s1. The lowest BCUT2D eigenvalue weighted by atomic mass is 9.44. The molecule has 6 rings (SSSR count). The van der Waals surface area contributed by atoms with E-state index in [9.17, 15) is 4.79 Å². The highest BCUT2D eigenvalue weighted by Crippen LogP contribution is 2.71. The lowest BCUT2D eigenvalue weighted by Crippen LogP contribution is -2.55. The summed E-state index contributed by atoms with van der Waals surface area (Å²) in [7, 11) is 0. The van der Waals surface area contributed by atoms with Gasteiger partial charge in [0.15, 0.2) is 5.79 Å². The Morgan fingerprint density at radius 1 is 0.909 bits per heavy atom. The SMILES string of the molecule is CC(=O)O[C@H]1CC[C@]2(C)C3CC[C@@]4(C)C(CC5O[C@@]6(CCC(C)CO6)C(C)C54)C3CC[C@@H]2C1. The molecule has 6 aliphatic rings. The Labute approximate surface area is 200 Å². The van der Waals surface area contributed by atoms with E-state index in [2.05, 4.69) is 27.7 Å². The van der Waals surface area contributed by atoms with E-state index >= 15 is 0 Å². The lowest BCUT2D eigenvalue weighted by Gasteiger charge is -2.61. The minimum absolute atomic E-state index is 0.105. The predicted octanol–water partition coefficient (Wildman–Crippen LogP) is 6.36. The molecule has 2 heterocycles. The number of hydrogen-bond donors (Lipinski definition) is 0. The van der Waals surface area contributed by atoms with Crippen LogP contribution in [0.4, 0.5) is 0 Å². The molecule has 7 unspecified atom stereocenters. The van der Waals surface area contributed by atoms with Gasteiger partial charge in [-0.2, -0.15) is 0 Å². The predicted molar refractivity (Wildman–Crippen MR) is 127 cm³/mol. The molecule has 12 atom stereocenters. The van der Waals surface area contributed by atoms with Crippen molar-refractivity contribution in [1.29, 1.82) is 0 Å². The van der Waals surface area contributed by atoms with Crippen molar-refractivity contribution < 1.29 is 19.0 Å². The van der Waals surface area contributed by atoms with Gasteiger partial charge in [-0.15, -0.1) is 0 Å². The summed E-state index contributed by atoms with van der Waals surface area (Å²) in [5.41, 5.74) is 0.828. The first kappa shape index (κ1) is 22.8. The van der Waals surface area contributed by atoms with Crippen LogP contribution in [0, 0.1) is 52.3 Å². The zero-order valence-electron chi connectivity index (χ0n) is 21.6. The Morgan fingerprint density at radius 3 is 2.42 bits per heavy atom. The highest BCUT2D eigenvalue weighted by molar-refractivity contribution is 5.66. The van der Waals surface area contributed by atoms with Crippen molar-refractivity contribution in [2.24, 2.45) is 52.3 Å². The summed E-state index contributed by atoms with van der Waals surface area (Å²) in [5.74, 6) is 4.63. The maximum atomic E-state index is 11.5. The number of fused-ring (bicyclic) bond motifs is 7. The van der Waals surface area contributed by atoms with E-state index in [1.807, 2.05) is 0 Å². The Bertz CT molecular complexity index is 786. The van der Waals surface area contributed by atoms with Gasteiger partial charge in [0.1, 0.15) is 6.10 Å². The largest absolute Gasteiger partial charge is 0.463 e. The third kappa shape index (κ3) is 3.25. The number of esters is 1. The molecule has 0 radical (unpaired) electrons. The van der Waals surface area contributed by atoms with Gasteiger partial charge in [0, 0.05) is 19.3 Å². The molecule has 1 spiro atoms. The van der Waals surface area contributed by atoms with Gasteiger partial charge in [0.25, 0.3) is 0 Å². The third-order valence-corrected chi connectivity index (χ3v) is 12.2. The van der Waals surface area contributed by atoms with Gasteiger partial charge in [0.05, 0.1) is 12.7 Å². The molecule has 4 nitrogen and oxygen atoms in total. The fraction of sp³-hybridized carbons (Fsp3) is 0.966. The summed E-state index contributed by atoms with van der Waals surface area (Å²) >= 11 is 0. The topological polar surface area (TPSA) is 44.8 Å². The van der Waals surface area contributed by atoms with Gasteiger partial charge in [-0.25, -0.2) is 0 Å². The van der Waals surface area contributed by atoms with Crippen molar-refractivity contribution in [3.8, 4) is 0 Å². The number of hydrogen-bond acceptors (Lipinski definition) is 4. The van der Waals surface area contributed by atoms with Crippen LogP contribution in [0.2, 0.25) is 0 Å². The van der Waals surface area contributed by atoms with E-state index in [1.165, 1.54) is 44.9 Å². The first-order valence-corrected chi connectivity index (χ1v) is 14.2. The molecule has 0 N–H and O–H groups in total. The molecule has 6 fully saturated rings. The Kier molecular flexibility index (Phi) is 5.32. The zero-order chi connectivity index (χ0) is 23.2. The number of ether oxygens (including phenoxy) is 3. The second kappa shape index (κ2) is 7.69. The molecular weight excluding hydrogens is 412 g/mol. The molecule has 2 aliphatic heterocycles. The second-order valence-corrected chi connectivity index (χ2v) is 13.7. The van der Waals surface area contributed by atoms with Crippen LogP contribution < -0.4 is 0 Å². The number of carbonyl (C=O) groups excluding carboxylic acids is 1. The highest BCUT2D eigenvalue weighted by Gasteiger charge is 2.69. The first-order valence-electron chi connectivity index (χ1n) is 14.2. The van der Waals surface area contributed by atoms with Crippen molar-refractivity contribution in [2.75, 3.05) is 6.61 Å². The van der Waals surface area contributed by atoms with E-state index in [1.54, 1.807) is 6.92 Å². The van der Waals surface area contributed by atoms with E-state index in [0.29, 0.717) is 34.7 Å². The van der Waals surface area contributed by atoms with Gasteiger partial charge >= 0.3 is 5.97 Å². The van der Waals surface area contributed by atoms with E-state index in [0.717, 1.165) is 49.5 Å². The van der Waals surface area contributed by atoms with E-state index < -0.39 is 0 Å². The van der Waals surface area contributed by atoms with E-state index in [-0.39, 0.29) is 17.9 Å². The smallest absolute Gasteiger partial charge is 0.302 e. The number of carbonyl (C=O) groups is 1. The summed E-state index contributed by atoms with van der Waals surface area (Å²) < 4.78 is 19.1. The van der Waals surface area contributed by atoms with Crippen LogP contribution in [0.3, 0.4) is 0 Å². The third-order valence-electron chi connectivity index (χ3n) is 12.2. The van der Waals surface area contributed by atoms with Crippen molar-refractivity contribution >= 4 is 5.97 Å². The van der Waals surface area contributed by atoms with Crippen LogP contribution in [0.5, 0.6) is 0 Å². The van der Waals surface area contributed by atoms with Gasteiger partial charge in [-0.3, -0.25) is 4.79 Å². The van der Waals surface area contributed by atoms with Crippen LogP contribution in [0.1, 0.15) is 98.8 Å². The molecule has 0 amide bonds. The van der Waals surface area contributed by atoms with Crippen molar-refractivity contribution in [2.45, 2.75) is 117 Å². The van der Waals surface area contributed by atoms with Crippen LogP contribution in [-0.4, -0.2) is 30.6 Å². The average Bonchev–Trinajstić information content (AvgIpc) is 3.21. The molecule has 0 aromatic carbocycles. The molecule has 0 aromatic heterocycles. The molecule has 4 aliphatic carbocycles. The molecule has 4 saturated carbocycles. The van der Waals surface area contributed by atoms with Gasteiger partial charge in [-0.1, -0.05) is 27.7 Å². The summed E-state index contributed by atoms with van der Waals surface area (Å²) in [5, 5.41) is 0. The Hall–Kier alpha value is -0.610. The van der Waals surface area contributed by atoms with E-state index in [4.69, 9.17) is 14.2 Å². The molecule has 33 heavy (non-hydrogen) atoms. The zero-order valence-corrected chi connectivity index (χ0v) is 21.6. The highest BCUT2D eigenvalue weighted by atomic mass is 16.7. The van der Waals surface area contributed by atoms with Crippen molar-refractivity contribution in [3.63, 3.8) is 0 Å². The average molecular weight is 459 g/mol. The Morgan fingerprint density at radius 2 is 1.70 bits per heavy atom. The maximum absolute atomic E-state index is 11.5. The minimum atomic E-state index is -0.300. The summed E-state index contributed by atoms with van der Waals surface area (Å²) in [6.07, 6.45) is 12.9. The molecular formula is C29H46O4. The molecule has 2 saturated heterocycles. The molecule has 0 bridgehead atoms. The summed E-state index contributed by atoms with van der Waals surface area (Å²) in [6, 6.07) is 0. The maximum Gasteiger partial charge on any atom is 0.302 e. The quantitative estimate of drug-likeness (QED) is 0.429. The van der Waals surface area contributed by atoms with Gasteiger partial charge in [-0.05, 0) is 104 Å². The molecule has 0 aromatic rings. The van der Waals surface area contributed by atoms with Crippen molar-refractivity contribution in [1.82, 2.24) is 0 Å². The summed E-state index contributed by atoms with van der Waals surface area (Å²) in [6.45, 7) is 12.4. The fourth-order valence-corrected chi connectivity index (χ4v) is 10.6. The minimum Gasteiger partial charge on any atom is -0.463 e. The Balaban J connectivity index is 1.21. The molecule has 4 heteroatoms. The first-order chi connectivity index (χ1) is 15.7. The normalized spacial score (nSPS) is 57.7. The van der Waals surface area contributed by atoms with Crippen LogP contribution >= 0.6 is 0 Å². The fourth-order valence-electron chi connectivity index (χ4n) is 10.6. The van der Waals surface area contributed by atoms with Crippen molar-refractivity contribution in [3.05, 3.63) is 0 Å². The van der Waals surface area contributed by atoms with Crippen LogP contribution in [-0.2, 0) is 19.0 Å². The van der Waals surface area contributed by atoms with Gasteiger partial charge in [0.2, 0.25) is 0 Å². The lowest BCUT2D eigenvalue weighted by molar-refractivity contribution is -0.273. The molecule has 186 valence electrons. The van der Waals surface area contributed by atoms with Crippen LogP contribution in [0.25, 0.3) is 0 Å². The second-order valence-electron chi connectivity index (χ2n) is 13.7. The summed E-state index contributed by atoms with van der Waals surface area (Å²) in [4.78, 5) is 11.5. The van der Waals surface area contributed by atoms with Crippen LogP contribution in [0.15, 0.2) is 0 Å².